The molecule has 1 rings (SSSR count). The molecule has 0 radical (unpaired) electrons. The molecule has 6 heteroatoms. The van der Waals surface area contributed by atoms with Crippen LogP contribution in [0.5, 0.6) is 5.75 Å². The molecule has 80 valence electrons. The van der Waals surface area contributed by atoms with Crippen LogP contribution in [-0.2, 0) is 10.0 Å². The Morgan fingerprint density at radius 3 is 2.60 bits per heavy atom. The Morgan fingerprint density at radius 1 is 1.47 bits per heavy atom. The minimum atomic E-state index is -3.39. The van der Waals surface area contributed by atoms with E-state index in [1.807, 2.05) is 6.07 Å². The monoisotopic (exact) mass is 226 g/mol. The number of nitriles is 1. The molecule has 0 spiro atoms. The van der Waals surface area contributed by atoms with Crippen LogP contribution in [-0.4, -0.2) is 21.8 Å². The first-order valence-corrected chi connectivity index (χ1v) is 5.92. The molecule has 1 aromatic carbocycles. The lowest BCUT2D eigenvalue weighted by Gasteiger charge is -2.08. The van der Waals surface area contributed by atoms with Crippen molar-refractivity contribution in [2.24, 2.45) is 0 Å². The molecule has 1 aromatic rings. The van der Waals surface area contributed by atoms with Gasteiger partial charge in [-0.3, -0.25) is 4.72 Å². The van der Waals surface area contributed by atoms with Crippen molar-refractivity contribution in [1.29, 1.82) is 5.26 Å². The standard InChI is InChI=1S/C9H10N2O3S/c1-14-9-5-3-4-8(7(9)6-10)11-15(2,12)13/h3-5,11H,1-2H3. The number of nitrogens with one attached hydrogen (secondary N) is 1. The zero-order valence-corrected chi connectivity index (χ0v) is 9.13. The van der Waals surface area contributed by atoms with E-state index in [2.05, 4.69) is 4.72 Å². The van der Waals surface area contributed by atoms with Crippen LogP contribution < -0.4 is 9.46 Å². The summed E-state index contributed by atoms with van der Waals surface area (Å²) in [6.07, 6.45) is 1.02. The smallest absolute Gasteiger partial charge is 0.229 e. The summed E-state index contributed by atoms with van der Waals surface area (Å²) < 4.78 is 29.2. The van der Waals surface area contributed by atoms with Crippen molar-refractivity contribution >= 4 is 15.7 Å². The maximum absolute atomic E-state index is 11.0. The molecule has 0 unspecified atom stereocenters. The predicted octanol–water partition coefficient (Wildman–Crippen LogP) is 0.938. The molecule has 0 saturated heterocycles. The number of methoxy groups -OCH3 is 1. The lowest BCUT2D eigenvalue weighted by atomic mass is 10.2. The van der Waals surface area contributed by atoms with Crippen LogP contribution in [0.15, 0.2) is 18.2 Å². The summed E-state index contributed by atoms with van der Waals surface area (Å²) in [7, 11) is -1.97. The van der Waals surface area contributed by atoms with Crippen LogP contribution in [0.3, 0.4) is 0 Å². The van der Waals surface area contributed by atoms with Gasteiger partial charge in [-0.25, -0.2) is 8.42 Å². The van der Waals surface area contributed by atoms with Gasteiger partial charge in [-0.15, -0.1) is 0 Å². The fourth-order valence-electron chi connectivity index (χ4n) is 1.10. The first-order chi connectivity index (χ1) is 6.98. The number of benzene rings is 1. The summed E-state index contributed by atoms with van der Waals surface area (Å²) in [6.45, 7) is 0. The average Bonchev–Trinajstić information content (AvgIpc) is 2.15. The molecule has 0 fully saturated rings. The van der Waals surface area contributed by atoms with E-state index in [-0.39, 0.29) is 11.3 Å². The second kappa shape index (κ2) is 4.19. The zero-order valence-electron chi connectivity index (χ0n) is 8.31. The van der Waals surface area contributed by atoms with Gasteiger partial charge in [0.15, 0.2) is 0 Å². The van der Waals surface area contributed by atoms with Crippen molar-refractivity contribution in [3.05, 3.63) is 23.8 Å². The Balaban J connectivity index is 3.26. The van der Waals surface area contributed by atoms with Gasteiger partial charge in [-0.05, 0) is 12.1 Å². The Kier molecular flexibility index (Phi) is 3.17. The van der Waals surface area contributed by atoms with Gasteiger partial charge in [0.2, 0.25) is 10.0 Å². The van der Waals surface area contributed by atoms with Gasteiger partial charge in [0, 0.05) is 0 Å². The summed E-state index contributed by atoms with van der Waals surface area (Å²) >= 11 is 0. The van der Waals surface area contributed by atoms with Crippen LogP contribution in [0.1, 0.15) is 5.56 Å². The quantitative estimate of drug-likeness (QED) is 0.831. The highest BCUT2D eigenvalue weighted by atomic mass is 32.2. The van der Waals surface area contributed by atoms with E-state index in [1.54, 1.807) is 12.1 Å². The molecule has 0 amide bonds. The van der Waals surface area contributed by atoms with Crippen molar-refractivity contribution in [3.8, 4) is 11.8 Å². The fraction of sp³-hybridized carbons (Fsp3) is 0.222. The third-order valence-corrected chi connectivity index (χ3v) is 2.24. The van der Waals surface area contributed by atoms with Crippen molar-refractivity contribution < 1.29 is 13.2 Å². The van der Waals surface area contributed by atoms with Crippen LogP contribution >= 0.6 is 0 Å². The number of anilines is 1. The van der Waals surface area contributed by atoms with Crippen LogP contribution in [0.2, 0.25) is 0 Å². The van der Waals surface area contributed by atoms with E-state index in [9.17, 15) is 8.42 Å². The molecule has 5 nitrogen and oxygen atoms in total. The maximum atomic E-state index is 11.0. The second-order valence-electron chi connectivity index (χ2n) is 2.87. The van der Waals surface area contributed by atoms with Crippen LogP contribution in [0, 0.1) is 11.3 Å². The Morgan fingerprint density at radius 2 is 2.13 bits per heavy atom. The van der Waals surface area contributed by atoms with Crippen molar-refractivity contribution in [1.82, 2.24) is 0 Å². The van der Waals surface area contributed by atoms with Crippen molar-refractivity contribution in [3.63, 3.8) is 0 Å². The molecule has 15 heavy (non-hydrogen) atoms. The van der Waals surface area contributed by atoms with Crippen molar-refractivity contribution in [2.75, 3.05) is 18.1 Å². The Hall–Kier alpha value is -1.74. The highest BCUT2D eigenvalue weighted by Gasteiger charge is 2.11. The van der Waals surface area contributed by atoms with Crippen molar-refractivity contribution in [2.45, 2.75) is 0 Å². The summed E-state index contributed by atoms with van der Waals surface area (Å²) in [5.74, 6) is 0.339. The number of hydrogen-bond donors (Lipinski definition) is 1. The molecule has 0 saturated carbocycles. The van der Waals surface area contributed by atoms with Gasteiger partial charge in [0.05, 0.1) is 19.1 Å². The molecule has 0 bridgehead atoms. The molecule has 0 atom stereocenters. The van der Waals surface area contributed by atoms with Gasteiger partial charge in [-0.1, -0.05) is 6.07 Å². The maximum Gasteiger partial charge on any atom is 0.229 e. The molecule has 1 N–H and O–H groups in total. The SMILES string of the molecule is COc1cccc(NS(C)(=O)=O)c1C#N. The third-order valence-electron chi connectivity index (χ3n) is 1.65. The van der Waals surface area contributed by atoms with Gasteiger partial charge < -0.3 is 4.74 Å². The van der Waals surface area contributed by atoms with Gasteiger partial charge >= 0.3 is 0 Å². The molecule has 0 aliphatic rings. The van der Waals surface area contributed by atoms with E-state index in [1.165, 1.54) is 13.2 Å². The summed E-state index contributed by atoms with van der Waals surface area (Å²) in [5.41, 5.74) is 0.393. The summed E-state index contributed by atoms with van der Waals surface area (Å²) in [4.78, 5) is 0. The molecule has 0 heterocycles. The highest BCUT2D eigenvalue weighted by Crippen LogP contribution is 2.25. The number of rotatable bonds is 3. The van der Waals surface area contributed by atoms with E-state index in [0.717, 1.165) is 6.26 Å². The lowest BCUT2D eigenvalue weighted by molar-refractivity contribution is 0.414. The fourth-order valence-corrected chi connectivity index (χ4v) is 1.67. The second-order valence-corrected chi connectivity index (χ2v) is 4.62. The average molecular weight is 226 g/mol. The normalized spacial score (nSPS) is 10.5. The summed E-state index contributed by atoms with van der Waals surface area (Å²) in [5, 5.41) is 8.86. The van der Waals surface area contributed by atoms with E-state index < -0.39 is 10.0 Å². The number of sulfonamides is 1. The highest BCUT2D eigenvalue weighted by molar-refractivity contribution is 7.92. The largest absolute Gasteiger partial charge is 0.495 e. The third kappa shape index (κ3) is 2.86. The molecule has 0 aliphatic carbocycles. The summed E-state index contributed by atoms with van der Waals surface area (Å²) in [6, 6.07) is 6.58. The first kappa shape index (κ1) is 11.3. The molecular formula is C9H10N2O3S. The van der Waals surface area contributed by atoms with E-state index in [4.69, 9.17) is 10.00 Å². The van der Waals surface area contributed by atoms with E-state index >= 15 is 0 Å². The number of nitrogens with zero attached hydrogens (tertiary/aromatic N) is 1. The molecule has 0 aliphatic heterocycles. The minimum absolute atomic E-state index is 0.172. The van der Waals surface area contributed by atoms with Crippen LogP contribution in [0.25, 0.3) is 0 Å². The van der Waals surface area contributed by atoms with E-state index in [0.29, 0.717) is 5.75 Å². The first-order valence-electron chi connectivity index (χ1n) is 4.03. The molecular weight excluding hydrogens is 216 g/mol. The lowest BCUT2D eigenvalue weighted by Crippen LogP contribution is -2.11. The Labute approximate surface area is 88.3 Å². The predicted molar refractivity (Wildman–Crippen MR) is 56.2 cm³/mol. The molecule has 0 aromatic heterocycles. The van der Waals surface area contributed by atoms with Gasteiger partial charge in [0.25, 0.3) is 0 Å². The zero-order chi connectivity index (χ0) is 11.5. The minimum Gasteiger partial charge on any atom is -0.495 e. The Bertz CT molecular complexity index is 503. The van der Waals surface area contributed by atoms with Crippen LogP contribution in [0.4, 0.5) is 5.69 Å². The van der Waals surface area contributed by atoms with Gasteiger partial charge in [-0.2, -0.15) is 5.26 Å². The topological polar surface area (TPSA) is 79.2 Å². The number of ether oxygens (including phenoxy) is 1. The van der Waals surface area contributed by atoms with Gasteiger partial charge in [0.1, 0.15) is 17.4 Å². The number of hydrogen-bond acceptors (Lipinski definition) is 4.